The molecule has 1 saturated heterocycles. The first-order chi connectivity index (χ1) is 39.2. The maximum atomic E-state index is 13.4. The van der Waals surface area contributed by atoms with Gasteiger partial charge in [-0.15, -0.1) is 0 Å². The van der Waals surface area contributed by atoms with Gasteiger partial charge in [-0.05, 0) is 116 Å². The van der Waals surface area contributed by atoms with Gasteiger partial charge >= 0.3 is 5.97 Å². The van der Waals surface area contributed by atoms with Crippen molar-refractivity contribution in [2.75, 3.05) is 13.2 Å². The maximum Gasteiger partial charge on any atom is 0.306 e. The van der Waals surface area contributed by atoms with Crippen molar-refractivity contribution >= 4 is 11.9 Å². The molecule has 8 unspecified atom stereocenters. The standard InChI is InChI=1S/C69H115NO10/c1-4-7-10-13-16-19-22-25-27-29-30-31-32-33-34-35-37-39-42-45-48-51-54-57-64(74)80-67-66(76)65(75)63(58-71)79-69(67)78-59-60(61(72)55-52-49-46-43-40-24-21-18-15-12-9-6-3)70-68(77)62(73)56-53-50-47-44-41-38-36-28-26-23-20-17-14-11-8-5-2/h7,10,16-17,19-20,25-28,30-31,33-34,37-39,41,52,55,60-63,65-67,69,71-73,75-76H,4-6,8-9,11-15,18,21-24,29,32,35-36,40,42-51,53-54,56-59H2,1-3H3,(H,70,77)/b10-7-,19-16-,20-17-,27-25-,28-26-,31-30-,34-33-,39-37-,41-38-,55-52+. The molecule has 0 bridgehead atoms. The molecule has 1 aliphatic heterocycles. The Labute approximate surface area is 487 Å². The van der Waals surface area contributed by atoms with Crippen LogP contribution in [0.3, 0.4) is 0 Å². The topological polar surface area (TPSA) is 175 Å². The summed E-state index contributed by atoms with van der Waals surface area (Å²) in [4.78, 5) is 26.6. The van der Waals surface area contributed by atoms with E-state index >= 15 is 0 Å². The van der Waals surface area contributed by atoms with Gasteiger partial charge in [-0.3, -0.25) is 9.59 Å². The number of esters is 1. The zero-order chi connectivity index (χ0) is 58.2. The lowest BCUT2D eigenvalue weighted by atomic mass is 9.99. The highest BCUT2D eigenvalue weighted by molar-refractivity contribution is 5.80. The van der Waals surface area contributed by atoms with Crippen molar-refractivity contribution in [1.29, 1.82) is 0 Å². The van der Waals surface area contributed by atoms with Gasteiger partial charge < -0.3 is 45.1 Å². The van der Waals surface area contributed by atoms with Crippen molar-refractivity contribution in [2.45, 2.75) is 288 Å². The van der Waals surface area contributed by atoms with Gasteiger partial charge in [-0.2, -0.15) is 0 Å². The van der Waals surface area contributed by atoms with Crippen molar-refractivity contribution in [3.05, 3.63) is 122 Å². The minimum Gasteiger partial charge on any atom is -0.454 e. The Hall–Kier alpha value is -3.94. The Morgan fingerprint density at radius 1 is 0.500 bits per heavy atom. The highest BCUT2D eigenvalue weighted by Crippen LogP contribution is 2.26. The molecule has 0 aromatic rings. The van der Waals surface area contributed by atoms with E-state index in [2.05, 4.69) is 135 Å². The number of aliphatic hydroxyl groups excluding tert-OH is 5. The molecule has 80 heavy (non-hydrogen) atoms. The van der Waals surface area contributed by atoms with Crippen LogP contribution in [0, 0.1) is 0 Å². The highest BCUT2D eigenvalue weighted by Gasteiger charge is 2.47. The van der Waals surface area contributed by atoms with E-state index in [-0.39, 0.29) is 19.4 Å². The molecule has 1 fully saturated rings. The number of amides is 1. The number of allylic oxidation sites excluding steroid dienone is 19. The predicted octanol–water partition coefficient (Wildman–Crippen LogP) is 15.4. The smallest absolute Gasteiger partial charge is 0.306 e. The normalized spacial score (nSPS) is 19.6. The molecule has 0 radical (unpaired) electrons. The molecule has 11 nitrogen and oxygen atoms in total. The molecular weight excluding hydrogens is 1000 g/mol. The van der Waals surface area contributed by atoms with Gasteiger partial charge in [0, 0.05) is 6.42 Å². The summed E-state index contributed by atoms with van der Waals surface area (Å²) in [5.74, 6) is -1.25. The molecule has 1 heterocycles. The highest BCUT2D eigenvalue weighted by atomic mass is 16.7. The van der Waals surface area contributed by atoms with Gasteiger partial charge in [0.2, 0.25) is 5.91 Å². The second kappa shape index (κ2) is 55.6. The molecule has 1 aliphatic rings. The van der Waals surface area contributed by atoms with Gasteiger partial charge in [0.05, 0.1) is 25.4 Å². The third kappa shape index (κ3) is 42.8. The maximum absolute atomic E-state index is 13.4. The lowest BCUT2D eigenvalue weighted by Gasteiger charge is -2.41. The number of unbranched alkanes of at least 4 members (excludes halogenated alkanes) is 20. The minimum atomic E-state index is -1.64. The lowest BCUT2D eigenvalue weighted by molar-refractivity contribution is -0.305. The fourth-order valence-electron chi connectivity index (χ4n) is 9.07. The van der Waals surface area contributed by atoms with E-state index in [1.807, 2.05) is 6.08 Å². The SMILES string of the molecule is CC/C=C\C/C=C\C/C=C\C/C=C\C/C=C\C/C=C\CCCCCCC(=O)OC1C(OCC(NC(=O)C(O)CCCCC/C=C\C/C=C\C/C=C\CCCCC)C(O)/C=C/CCCCCCCCCCCC)OC(CO)C(O)C1O. The van der Waals surface area contributed by atoms with Crippen LogP contribution in [-0.4, -0.2) is 99.6 Å². The van der Waals surface area contributed by atoms with Crippen LogP contribution in [0.5, 0.6) is 0 Å². The van der Waals surface area contributed by atoms with Crippen LogP contribution in [-0.2, 0) is 23.8 Å². The summed E-state index contributed by atoms with van der Waals surface area (Å²) in [6.07, 6.45) is 66.6. The summed E-state index contributed by atoms with van der Waals surface area (Å²) in [6, 6.07) is -1.05. The summed E-state index contributed by atoms with van der Waals surface area (Å²) < 4.78 is 17.6. The number of nitrogens with one attached hydrogen (secondary N) is 1. The van der Waals surface area contributed by atoms with Crippen LogP contribution >= 0.6 is 0 Å². The third-order valence-corrected chi connectivity index (χ3v) is 14.1. The largest absolute Gasteiger partial charge is 0.454 e. The summed E-state index contributed by atoms with van der Waals surface area (Å²) in [5, 5.41) is 57.0. The van der Waals surface area contributed by atoms with Crippen LogP contribution in [0.15, 0.2) is 122 Å². The van der Waals surface area contributed by atoms with Crippen molar-refractivity contribution in [1.82, 2.24) is 5.32 Å². The number of carbonyl (C=O) groups is 2. The Morgan fingerprint density at radius 2 is 0.900 bits per heavy atom. The molecule has 0 spiro atoms. The summed E-state index contributed by atoms with van der Waals surface area (Å²) in [6.45, 7) is 5.61. The molecule has 11 heteroatoms. The number of ether oxygens (including phenoxy) is 3. The Bertz CT molecular complexity index is 1760. The molecule has 0 aromatic carbocycles. The Balaban J connectivity index is 2.70. The third-order valence-electron chi connectivity index (χ3n) is 14.1. The quantitative estimate of drug-likeness (QED) is 0.0195. The Kier molecular flexibility index (Phi) is 51.5. The van der Waals surface area contributed by atoms with Crippen LogP contribution in [0.1, 0.15) is 239 Å². The van der Waals surface area contributed by atoms with Crippen LogP contribution in [0.25, 0.3) is 0 Å². The molecule has 0 aliphatic carbocycles. The average molecular weight is 1120 g/mol. The first kappa shape index (κ1) is 74.1. The van der Waals surface area contributed by atoms with Crippen molar-refractivity contribution < 1.29 is 49.3 Å². The van der Waals surface area contributed by atoms with E-state index in [1.54, 1.807) is 6.08 Å². The average Bonchev–Trinajstić information content (AvgIpc) is 3.48. The van der Waals surface area contributed by atoms with Crippen molar-refractivity contribution in [2.24, 2.45) is 0 Å². The van der Waals surface area contributed by atoms with Crippen LogP contribution in [0.4, 0.5) is 0 Å². The molecule has 6 N–H and O–H groups in total. The zero-order valence-electron chi connectivity index (χ0n) is 50.4. The Morgan fingerprint density at radius 3 is 1.38 bits per heavy atom. The lowest BCUT2D eigenvalue weighted by Crippen LogP contribution is -2.61. The molecule has 0 saturated carbocycles. The minimum absolute atomic E-state index is 0.0837. The second-order valence-electron chi connectivity index (χ2n) is 21.4. The zero-order valence-corrected chi connectivity index (χ0v) is 50.4. The van der Waals surface area contributed by atoms with E-state index in [0.717, 1.165) is 128 Å². The first-order valence-corrected chi connectivity index (χ1v) is 31.8. The van der Waals surface area contributed by atoms with Crippen molar-refractivity contribution in [3.8, 4) is 0 Å². The predicted molar refractivity (Wildman–Crippen MR) is 333 cm³/mol. The van der Waals surface area contributed by atoms with Gasteiger partial charge in [0.1, 0.15) is 24.4 Å². The number of rotatable bonds is 52. The number of aliphatic hydroxyl groups is 5. The fraction of sp³-hybridized carbons (Fsp3) is 0.681. The molecule has 0 aromatic heterocycles. The van der Waals surface area contributed by atoms with Gasteiger partial charge in [-0.25, -0.2) is 0 Å². The van der Waals surface area contributed by atoms with E-state index in [9.17, 15) is 35.1 Å². The number of hydrogen-bond acceptors (Lipinski definition) is 10. The molecule has 1 amide bonds. The molecule has 8 atom stereocenters. The van der Waals surface area contributed by atoms with E-state index in [0.29, 0.717) is 12.8 Å². The van der Waals surface area contributed by atoms with E-state index in [1.165, 1.54) is 64.2 Å². The van der Waals surface area contributed by atoms with E-state index < -0.39 is 67.4 Å². The van der Waals surface area contributed by atoms with Gasteiger partial charge in [0.15, 0.2) is 12.4 Å². The summed E-state index contributed by atoms with van der Waals surface area (Å²) in [5.41, 5.74) is 0. The number of hydrogen-bond donors (Lipinski definition) is 6. The van der Waals surface area contributed by atoms with Crippen LogP contribution in [0.2, 0.25) is 0 Å². The molecular formula is C69H115NO10. The van der Waals surface area contributed by atoms with E-state index in [4.69, 9.17) is 14.2 Å². The van der Waals surface area contributed by atoms with Gasteiger partial charge in [-0.1, -0.05) is 239 Å². The summed E-state index contributed by atoms with van der Waals surface area (Å²) >= 11 is 0. The molecule has 456 valence electrons. The molecule has 1 rings (SSSR count). The monoisotopic (exact) mass is 1120 g/mol. The summed E-state index contributed by atoms with van der Waals surface area (Å²) in [7, 11) is 0. The van der Waals surface area contributed by atoms with Crippen molar-refractivity contribution in [3.63, 3.8) is 0 Å². The second-order valence-corrected chi connectivity index (χ2v) is 21.4. The first-order valence-electron chi connectivity index (χ1n) is 31.8. The van der Waals surface area contributed by atoms with Crippen LogP contribution < -0.4 is 5.32 Å². The fourth-order valence-corrected chi connectivity index (χ4v) is 9.07. The number of carbonyl (C=O) groups excluding carboxylic acids is 2. The van der Waals surface area contributed by atoms with Gasteiger partial charge in [0.25, 0.3) is 0 Å².